The van der Waals surface area contributed by atoms with Crippen molar-refractivity contribution in [2.24, 2.45) is 0 Å². The van der Waals surface area contributed by atoms with Crippen LogP contribution in [-0.2, 0) is 0 Å². The maximum atomic E-state index is 12.7. The summed E-state index contributed by atoms with van der Waals surface area (Å²) in [5, 5.41) is 3.82. The molecule has 2 aromatic heterocycles. The maximum Gasteiger partial charge on any atom is 0.291 e. The van der Waals surface area contributed by atoms with Crippen LogP contribution in [-0.4, -0.2) is 10.9 Å². The van der Waals surface area contributed by atoms with Crippen LogP contribution in [0.25, 0.3) is 33.5 Å². The van der Waals surface area contributed by atoms with Gasteiger partial charge in [0.25, 0.3) is 5.91 Å². The van der Waals surface area contributed by atoms with Gasteiger partial charge in [-0.15, -0.1) is 0 Å². The summed E-state index contributed by atoms with van der Waals surface area (Å²) in [6.45, 7) is 1.93. The van der Waals surface area contributed by atoms with Crippen LogP contribution in [0.1, 0.15) is 16.1 Å². The van der Waals surface area contributed by atoms with E-state index in [2.05, 4.69) is 10.3 Å². The minimum absolute atomic E-state index is 0.271. The van der Waals surface area contributed by atoms with Crippen molar-refractivity contribution in [2.45, 2.75) is 6.92 Å². The Bertz CT molecular complexity index is 1260. The molecular formula is C23H16N2O3. The number of fused-ring (bicyclic) bond motifs is 2. The molecule has 0 saturated carbocycles. The second-order valence-electron chi connectivity index (χ2n) is 6.62. The summed E-state index contributed by atoms with van der Waals surface area (Å²) in [6, 6.07) is 22.6. The van der Waals surface area contributed by atoms with E-state index in [0.29, 0.717) is 17.2 Å². The zero-order chi connectivity index (χ0) is 19.1. The van der Waals surface area contributed by atoms with E-state index in [1.54, 1.807) is 6.07 Å². The summed E-state index contributed by atoms with van der Waals surface area (Å²) in [5.41, 5.74) is 4.62. The number of para-hydroxylation sites is 3. The van der Waals surface area contributed by atoms with Gasteiger partial charge in [0.1, 0.15) is 11.1 Å². The third-order valence-corrected chi connectivity index (χ3v) is 4.68. The van der Waals surface area contributed by atoms with Crippen LogP contribution < -0.4 is 5.32 Å². The molecular weight excluding hydrogens is 352 g/mol. The van der Waals surface area contributed by atoms with Crippen LogP contribution in [0.4, 0.5) is 5.69 Å². The number of nitrogens with zero attached hydrogens (tertiary/aromatic N) is 1. The van der Waals surface area contributed by atoms with Gasteiger partial charge < -0.3 is 14.2 Å². The molecule has 28 heavy (non-hydrogen) atoms. The van der Waals surface area contributed by atoms with E-state index in [1.165, 1.54) is 0 Å². The fourth-order valence-electron chi connectivity index (χ4n) is 3.16. The lowest BCUT2D eigenvalue weighted by Crippen LogP contribution is -2.11. The van der Waals surface area contributed by atoms with Crippen LogP contribution in [0.3, 0.4) is 0 Å². The topological polar surface area (TPSA) is 68.3 Å². The van der Waals surface area contributed by atoms with E-state index >= 15 is 0 Å². The SMILES string of the molecule is Cc1ccc(-c2nc3ccccc3o2)cc1NC(=O)c1cc2ccccc2o1. The number of carbonyl (C=O) groups excluding carboxylic acids is 1. The van der Waals surface area contributed by atoms with Crippen molar-refractivity contribution >= 4 is 33.7 Å². The highest BCUT2D eigenvalue weighted by Gasteiger charge is 2.15. The molecule has 0 aliphatic carbocycles. The van der Waals surface area contributed by atoms with E-state index in [0.717, 1.165) is 27.6 Å². The predicted octanol–water partition coefficient (Wildman–Crippen LogP) is 5.80. The number of aromatic nitrogens is 1. The van der Waals surface area contributed by atoms with E-state index in [-0.39, 0.29) is 11.7 Å². The summed E-state index contributed by atoms with van der Waals surface area (Å²) in [4.78, 5) is 17.2. The van der Waals surface area contributed by atoms with Crippen LogP contribution >= 0.6 is 0 Å². The molecule has 3 aromatic carbocycles. The first-order valence-electron chi connectivity index (χ1n) is 8.94. The van der Waals surface area contributed by atoms with Gasteiger partial charge in [-0.3, -0.25) is 4.79 Å². The normalized spacial score (nSPS) is 11.2. The smallest absolute Gasteiger partial charge is 0.291 e. The highest BCUT2D eigenvalue weighted by Crippen LogP contribution is 2.28. The Hall–Kier alpha value is -3.86. The molecule has 0 spiro atoms. The molecule has 5 nitrogen and oxygen atoms in total. The molecule has 1 amide bonds. The first-order valence-corrected chi connectivity index (χ1v) is 8.94. The lowest BCUT2D eigenvalue weighted by atomic mass is 10.1. The molecule has 0 atom stereocenters. The van der Waals surface area contributed by atoms with Crippen LogP contribution in [0.2, 0.25) is 0 Å². The number of amides is 1. The molecule has 0 aliphatic heterocycles. The minimum Gasteiger partial charge on any atom is -0.451 e. The van der Waals surface area contributed by atoms with Crippen molar-refractivity contribution in [2.75, 3.05) is 5.32 Å². The standard InChI is InChI=1S/C23H16N2O3/c1-14-10-11-16(23-25-17-7-3-5-9-20(17)28-23)12-18(14)24-22(26)21-13-15-6-2-4-8-19(15)27-21/h2-13H,1H3,(H,24,26). The van der Waals surface area contributed by atoms with Gasteiger partial charge >= 0.3 is 0 Å². The zero-order valence-electron chi connectivity index (χ0n) is 15.1. The highest BCUT2D eigenvalue weighted by molar-refractivity contribution is 6.05. The molecule has 1 N–H and O–H groups in total. The van der Waals surface area contributed by atoms with Crippen molar-refractivity contribution in [3.63, 3.8) is 0 Å². The minimum atomic E-state index is -0.297. The van der Waals surface area contributed by atoms with Gasteiger partial charge in [-0.25, -0.2) is 4.98 Å². The number of oxazole rings is 1. The lowest BCUT2D eigenvalue weighted by Gasteiger charge is -2.08. The summed E-state index contributed by atoms with van der Waals surface area (Å²) < 4.78 is 11.5. The summed E-state index contributed by atoms with van der Waals surface area (Å²) in [6.07, 6.45) is 0. The van der Waals surface area contributed by atoms with Crippen molar-refractivity contribution < 1.29 is 13.6 Å². The van der Waals surface area contributed by atoms with Crippen molar-refractivity contribution in [1.29, 1.82) is 0 Å². The molecule has 136 valence electrons. The summed E-state index contributed by atoms with van der Waals surface area (Å²) in [7, 11) is 0. The van der Waals surface area contributed by atoms with Crippen molar-refractivity contribution in [3.8, 4) is 11.5 Å². The molecule has 0 fully saturated rings. The molecule has 5 rings (SSSR count). The summed E-state index contributed by atoms with van der Waals surface area (Å²) in [5.74, 6) is 0.488. The Morgan fingerprint density at radius 1 is 0.893 bits per heavy atom. The molecule has 0 saturated heterocycles. The van der Waals surface area contributed by atoms with Gasteiger partial charge in [-0.2, -0.15) is 0 Å². The Morgan fingerprint density at radius 3 is 2.50 bits per heavy atom. The van der Waals surface area contributed by atoms with Crippen LogP contribution in [0.15, 0.2) is 81.6 Å². The number of benzene rings is 3. The number of nitrogens with one attached hydrogen (secondary N) is 1. The first kappa shape index (κ1) is 16.3. The second kappa shape index (κ2) is 6.39. The van der Waals surface area contributed by atoms with Crippen molar-refractivity contribution in [3.05, 3.63) is 84.1 Å². The monoisotopic (exact) mass is 368 g/mol. The largest absolute Gasteiger partial charge is 0.451 e. The molecule has 2 heterocycles. The van der Waals surface area contributed by atoms with E-state index in [1.807, 2.05) is 73.7 Å². The highest BCUT2D eigenvalue weighted by atomic mass is 16.4. The molecule has 0 bridgehead atoms. The second-order valence-corrected chi connectivity index (χ2v) is 6.62. The molecule has 5 heteroatoms. The molecule has 0 radical (unpaired) electrons. The fourth-order valence-corrected chi connectivity index (χ4v) is 3.16. The number of hydrogen-bond acceptors (Lipinski definition) is 4. The van der Waals surface area contributed by atoms with Crippen LogP contribution in [0.5, 0.6) is 0 Å². The summed E-state index contributed by atoms with van der Waals surface area (Å²) >= 11 is 0. The van der Waals surface area contributed by atoms with Gasteiger partial charge in [0.2, 0.25) is 5.89 Å². The quantitative estimate of drug-likeness (QED) is 0.437. The Morgan fingerprint density at radius 2 is 1.68 bits per heavy atom. The third-order valence-electron chi connectivity index (χ3n) is 4.68. The predicted molar refractivity (Wildman–Crippen MR) is 108 cm³/mol. The van der Waals surface area contributed by atoms with Crippen molar-refractivity contribution in [1.82, 2.24) is 4.98 Å². The van der Waals surface area contributed by atoms with Gasteiger partial charge in [-0.1, -0.05) is 36.4 Å². The van der Waals surface area contributed by atoms with E-state index < -0.39 is 0 Å². The van der Waals surface area contributed by atoms with Gasteiger partial charge in [0.05, 0.1) is 0 Å². The number of carbonyl (C=O) groups is 1. The molecule has 5 aromatic rings. The van der Waals surface area contributed by atoms with Crippen LogP contribution in [0, 0.1) is 6.92 Å². The fraction of sp³-hybridized carbons (Fsp3) is 0.0435. The first-order chi connectivity index (χ1) is 13.7. The van der Waals surface area contributed by atoms with Gasteiger partial charge in [0, 0.05) is 16.6 Å². The molecule has 0 unspecified atom stereocenters. The average Bonchev–Trinajstić information content (AvgIpc) is 3.33. The number of anilines is 1. The van der Waals surface area contributed by atoms with Gasteiger partial charge in [0.15, 0.2) is 11.3 Å². The Balaban J connectivity index is 1.47. The molecule has 0 aliphatic rings. The third kappa shape index (κ3) is 2.83. The Kier molecular flexibility index (Phi) is 3.72. The maximum absolute atomic E-state index is 12.7. The van der Waals surface area contributed by atoms with E-state index in [4.69, 9.17) is 8.83 Å². The Labute approximate surface area is 160 Å². The van der Waals surface area contributed by atoms with Gasteiger partial charge in [-0.05, 0) is 48.9 Å². The number of hydrogen-bond donors (Lipinski definition) is 1. The average molecular weight is 368 g/mol. The number of rotatable bonds is 3. The number of furan rings is 1. The number of aryl methyl sites for hydroxylation is 1. The zero-order valence-corrected chi connectivity index (χ0v) is 15.1. The van der Waals surface area contributed by atoms with E-state index in [9.17, 15) is 4.79 Å². The lowest BCUT2D eigenvalue weighted by molar-refractivity contribution is 0.0998.